The predicted octanol–water partition coefficient (Wildman–Crippen LogP) is 3.45. The molecule has 0 aromatic carbocycles. The molecular formula is C15H29F3N2O2. The van der Waals surface area contributed by atoms with Crippen molar-refractivity contribution >= 4 is 6.03 Å². The van der Waals surface area contributed by atoms with Gasteiger partial charge in [0.15, 0.2) is 0 Å². The lowest BCUT2D eigenvalue weighted by Crippen LogP contribution is -2.52. The number of amides is 2. The normalized spacial score (nSPS) is 16.1. The Morgan fingerprint density at radius 3 is 1.95 bits per heavy atom. The van der Waals surface area contributed by atoms with E-state index in [-0.39, 0.29) is 13.0 Å². The second-order valence-corrected chi connectivity index (χ2v) is 7.90. The maximum absolute atomic E-state index is 13.0. The number of hydrogen-bond acceptors (Lipinski definition) is 2. The zero-order valence-electron chi connectivity index (χ0n) is 14.3. The number of halogens is 3. The van der Waals surface area contributed by atoms with Crippen LogP contribution in [0.2, 0.25) is 0 Å². The number of aliphatic hydroxyl groups excluding tert-OH is 1. The average Bonchev–Trinajstić information content (AvgIpc) is 2.20. The van der Waals surface area contributed by atoms with Gasteiger partial charge in [-0.1, -0.05) is 34.6 Å². The molecule has 0 saturated carbocycles. The van der Waals surface area contributed by atoms with Crippen molar-refractivity contribution < 1.29 is 23.1 Å². The van der Waals surface area contributed by atoms with Gasteiger partial charge in [-0.05, 0) is 30.6 Å². The summed E-state index contributed by atoms with van der Waals surface area (Å²) in [6.07, 6.45) is -4.78. The second kappa shape index (κ2) is 7.53. The van der Waals surface area contributed by atoms with Crippen LogP contribution in [0.15, 0.2) is 0 Å². The van der Waals surface area contributed by atoms with Gasteiger partial charge < -0.3 is 15.7 Å². The highest BCUT2D eigenvalue weighted by Gasteiger charge is 2.42. The van der Waals surface area contributed by atoms with Crippen molar-refractivity contribution in [3.63, 3.8) is 0 Å². The van der Waals surface area contributed by atoms with Crippen LogP contribution in [-0.2, 0) is 0 Å². The monoisotopic (exact) mass is 326 g/mol. The first-order valence-corrected chi connectivity index (χ1v) is 7.41. The average molecular weight is 326 g/mol. The van der Waals surface area contributed by atoms with Gasteiger partial charge in [-0.3, -0.25) is 0 Å². The number of hydrogen-bond donors (Lipinski definition) is 3. The van der Waals surface area contributed by atoms with Crippen molar-refractivity contribution in [2.45, 2.75) is 72.7 Å². The molecule has 0 aromatic rings. The molecule has 0 rings (SSSR count). The molecule has 0 aromatic heterocycles. The summed E-state index contributed by atoms with van der Waals surface area (Å²) in [5.41, 5.74) is -0.956. The summed E-state index contributed by atoms with van der Waals surface area (Å²) in [5.74, 6) is 0. The first-order chi connectivity index (χ1) is 9.62. The number of nitrogens with one attached hydrogen (secondary N) is 2. The SMILES string of the molecule is CC(O)CC(C)(C)CNC(=O)NC(CC(C)(C)C)C(F)(F)F. The van der Waals surface area contributed by atoms with Crippen LogP contribution in [0.4, 0.5) is 18.0 Å². The third-order valence-electron chi connectivity index (χ3n) is 3.09. The topological polar surface area (TPSA) is 61.4 Å². The van der Waals surface area contributed by atoms with Gasteiger partial charge in [0, 0.05) is 6.54 Å². The standard InChI is InChI=1S/C15H29F3N2O2/c1-10(21)7-14(5,6)9-19-12(22)20-11(15(16,17)18)8-13(2,3)4/h10-11,21H,7-9H2,1-6H3,(H2,19,20,22). The van der Waals surface area contributed by atoms with Gasteiger partial charge >= 0.3 is 12.2 Å². The molecular weight excluding hydrogens is 297 g/mol. The maximum atomic E-state index is 13.0. The third-order valence-corrected chi connectivity index (χ3v) is 3.09. The number of carbonyl (C=O) groups excluding carboxylic acids is 1. The summed E-state index contributed by atoms with van der Waals surface area (Å²) in [6, 6.07) is -2.72. The van der Waals surface area contributed by atoms with Gasteiger partial charge in [-0.15, -0.1) is 0 Å². The number of rotatable bonds is 6. The lowest BCUT2D eigenvalue weighted by molar-refractivity contribution is -0.159. The Balaban J connectivity index is 4.59. The molecule has 3 N–H and O–H groups in total. The molecule has 132 valence electrons. The molecule has 2 unspecified atom stereocenters. The van der Waals surface area contributed by atoms with E-state index in [2.05, 4.69) is 5.32 Å². The highest BCUT2D eigenvalue weighted by molar-refractivity contribution is 5.74. The summed E-state index contributed by atoms with van der Waals surface area (Å²) in [5, 5.41) is 13.8. The highest BCUT2D eigenvalue weighted by Crippen LogP contribution is 2.30. The number of urea groups is 1. The Morgan fingerprint density at radius 2 is 1.59 bits per heavy atom. The molecule has 0 radical (unpaired) electrons. The molecule has 0 saturated heterocycles. The van der Waals surface area contributed by atoms with E-state index < -0.39 is 35.2 Å². The smallest absolute Gasteiger partial charge is 0.393 e. The quantitative estimate of drug-likeness (QED) is 0.700. The van der Waals surface area contributed by atoms with E-state index in [1.807, 2.05) is 19.2 Å². The van der Waals surface area contributed by atoms with Crippen LogP contribution < -0.4 is 10.6 Å². The van der Waals surface area contributed by atoms with E-state index >= 15 is 0 Å². The van der Waals surface area contributed by atoms with E-state index in [1.165, 1.54) is 0 Å². The minimum Gasteiger partial charge on any atom is -0.393 e. The van der Waals surface area contributed by atoms with Crippen molar-refractivity contribution in [3.05, 3.63) is 0 Å². The van der Waals surface area contributed by atoms with Crippen molar-refractivity contribution in [1.29, 1.82) is 0 Å². The van der Waals surface area contributed by atoms with Gasteiger partial charge in [-0.2, -0.15) is 13.2 Å². The first-order valence-electron chi connectivity index (χ1n) is 7.41. The molecule has 7 heteroatoms. The zero-order chi connectivity index (χ0) is 17.8. The van der Waals surface area contributed by atoms with Gasteiger partial charge in [-0.25, -0.2) is 4.79 Å². The van der Waals surface area contributed by atoms with Gasteiger partial charge in [0.1, 0.15) is 6.04 Å². The Labute approximate surface area is 130 Å². The van der Waals surface area contributed by atoms with Gasteiger partial charge in [0.2, 0.25) is 0 Å². The van der Waals surface area contributed by atoms with Gasteiger partial charge in [0.25, 0.3) is 0 Å². The Hall–Kier alpha value is -0.980. The minimum absolute atomic E-state index is 0.184. The summed E-state index contributed by atoms with van der Waals surface area (Å²) in [7, 11) is 0. The van der Waals surface area contributed by atoms with Crippen LogP contribution >= 0.6 is 0 Å². The van der Waals surface area contributed by atoms with Crippen LogP contribution in [0.1, 0.15) is 54.4 Å². The lowest BCUT2D eigenvalue weighted by Gasteiger charge is -2.30. The lowest BCUT2D eigenvalue weighted by atomic mass is 9.87. The molecule has 0 aliphatic carbocycles. The molecule has 0 aliphatic heterocycles. The number of alkyl halides is 3. The fraction of sp³-hybridized carbons (Fsp3) is 0.933. The Morgan fingerprint density at radius 1 is 1.09 bits per heavy atom. The van der Waals surface area contributed by atoms with Crippen LogP contribution in [0.3, 0.4) is 0 Å². The van der Waals surface area contributed by atoms with Crippen molar-refractivity contribution in [2.24, 2.45) is 10.8 Å². The molecule has 2 amide bonds. The molecule has 0 aliphatic rings. The molecule has 0 spiro atoms. The molecule has 0 heterocycles. The van der Waals surface area contributed by atoms with Crippen LogP contribution in [0, 0.1) is 10.8 Å². The summed E-state index contributed by atoms with van der Waals surface area (Å²) >= 11 is 0. The van der Waals surface area contributed by atoms with Crippen molar-refractivity contribution in [2.75, 3.05) is 6.54 Å². The fourth-order valence-corrected chi connectivity index (χ4v) is 2.26. The van der Waals surface area contributed by atoms with Crippen LogP contribution in [0.5, 0.6) is 0 Å². The summed E-state index contributed by atoms with van der Waals surface area (Å²) in [6.45, 7) is 10.5. The van der Waals surface area contributed by atoms with E-state index in [4.69, 9.17) is 0 Å². The fourth-order valence-electron chi connectivity index (χ4n) is 2.26. The second-order valence-electron chi connectivity index (χ2n) is 7.90. The first kappa shape index (κ1) is 21.0. The molecule has 2 atom stereocenters. The Bertz CT molecular complexity index is 361. The summed E-state index contributed by atoms with van der Waals surface area (Å²) < 4.78 is 38.9. The number of carbonyl (C=O) groups is 1. The summed E-state index contributed by atoms with van der Waals surface area (Å²) in [4.78, 5) is 11.7. The van der Waals surface area contributed by atoms with Crippen LogP contribution in [0.25, 0.3) is 0 Å². The molecule has 4 nitrogen and oxygen atoms in total. The molecule has 0 bridgehead atoms. The predicted molar refractivity (Wildman–Crippen MR) is 80.5 cm³/mol. The van der Waals surface area contributed by atoms with Crippen LogP contribution in [-0.4, -0.2) is 36.0 Å². The van der Waals surface area contributed by atoms with E-state index in [1.54, 1.807) is 27.7 Å². The zero-order valence-corrected chi connectivity index (χ0v) is 14.3. The van der Waals surface area contributed by atoms with E-state index in [0.29, 0.717) is 6.42 Å². The highest BCUT2D eigenvalue weighted by atomic mass is 19.4. The Kier molecular flexibility index (Phi) is 7.19. The van der Waals surface area contributed by atoms with Crippen molar-refractivity contribution in [1.82, 2.24) is 10.6 Å². The minimum atomic E-state index is -4.49. The molecule has 0 fully saturated rings. The van der Waals surface area contributed by atoms with E-state index in [9.17, 15) is 23.1 Å². The largest absolute Gasteiger partial charge is 0.408 e. The third kappa shape index (κ3) is 9.87. The van der Waals surface area contributed by atoms with Crippen molar-refractivity contribution in [3.8, 4) is 0 Å². The van der Waals surface area contributed by atoms with E-state index in [0.717, 1.165) is 0 Å². The van der Waals surface area contributed by atoms with Gasteiger partial charge in [0.05, 0.1) is 6.10 Å². The molecule has 22 heavy (non-hydrogen) atoms. The number of aliphatic hydroxyl groups is 1. The maximum Gasteiger partial charge on any atom is 0.408 e.